The molecule has 0 aliphatic carbocycles. The zero-order valence-electron chi connectivity index (χ0n) is 28.6. The van der Waals surface area contributed by atoms with Crippen molar-refractivity contribution in [1.29, 1.82) is 0 Å². The van der Waals surface area contributed by atoms with Crippen molar-refractivity contribution in [2.45, 2.75) is 13.1 Å². The molecule has 51 heavy (non-hydrogen) atoms. The van der Waals surface area contributed by atoms with Gasteiger partial charge < -0.3 is 4.90 Å². The van der Waals surface area contributed by atoms with Gasteiger partial charge in [0.2, 0.25) is 0 Å². The van der Waals surface area contributed by atoms with E-state index >= 15 is 0 Å². The monoisotopic (exact) mass is 685 g/mol. The van der Waals surface area contributed by atoms with E-state index in [1.807, 2.05) is 11.3 Å². The number of hydrogen-bond acceptors (Lipinski definition) is 2. The average molecular weight is 686 g/mol. The molecule has 0 spiro atoms. The van der Waals surface area contributed by atoms with Gasteiger partial charge in [-0.3, -0.25) is 0 Å². The fraction of sp³-hybridized carbons (Fsp3) is 0.0417. The molecule has 1 aromatic heterocycles. The molecule has 0 saturated carbocycles. The lowest BCUT2D eigenvalue weighted by Crippen LogP contribution is -2.49. The second-order valence-electron chi connectivity index (χ2n) is 14.1. The fourth-order valence-corrected chi connectivity index (χ4v) is 12.7. The number of thiophene rings is 1. The molecular weight excluding hydrogens is 651 g/mol. The summed E-state index contributed by atoms with van der Waals surface area (Å²) < 4.78 is 2.78. The topological polar surface area (TPSA) is 3.24 Å². The van der Waals surface area contributed by atoms with Crippen LogP contribution in [0.2, 0.25) is 13.1 Å². The molecule has 0 amide bonds. The molecule has 0 saturated heterocycles. The Morgan fingerprint density at radius 1 is 0.431 bits per heavy atom. The van der Waals surface area contributed by atoms with Crippen LogP contribution in [0.3, 0.4) is 0 Å². The predicted molar refractivity (Wildman–Crippen MR) is 225 cm³/mol. The van der Waals surface area contributed by atoms with Gasteiger partial charge in [-0.25, -0.2) is 0 Å². The smallest absolute Gasteiger partial charge is 0.113 e. The molecule has 0 N–H and O–H groups in total. The minimum Gasteiger partial charge on any atom is -0.310 e. The fourth-order valence-electron chi connectivity index (χ4n) is 8.29. The van der Waals surface area contributed by atoms with Crippen molar-refractivity contribution in [3.8, 4) is 33.4 Å². The van der Waals surface area contributed by atoms with Gasteiger partial charge in [-0.05, 0) is 97.0 Å². The van der Waals surface area contributed by atoms with Crippen LogP contribution in [0.4, 0.5) is 17.1 Å². The lowest BCUT2D eigenvalue weighted by Gasteiger charge is -2.27. The van der Waals surface area contributed by atoms with Crippen LogP contribution in [-0.2, 0) is 0 Å². The Kier molecular flexibility index (Phi) is 6.89. The first-order chi connectivity index (χ1) is 25.0. The van der Waals surface area contributed by atoms with Gasteiger partial charge in [0.15, 0.2) is 0 Å². The van der Waals surface area contributed by atoms with E-state index in [-0.39, 0.29) is 0 Å². The Labute approximate surface area is 303 Å². The van der Waals surface area contributed by atoms with E-state index < -0.39 is 8.07 Å². The summed E-state index contributed by atoms with van der Waals surface area (Å²) >= 11 is 1.95. The van der Waals surface area contributed by atoms with Crippen LogP contribution in [0.5, 0.6) is 0 Å². The van der Waals surface area contributed by atoms with Gasteiger partial charge in [0.05, 0.1) is 0 Å². The number of nitrogens with zero attached hydrogens (tertiary/aromatic N) is 1. The van der Waals surface area contributed by atoms with Crippen LogP contribution in [0.25, 0.3) is 64.3 Å². The maximum atomic E-state index is 2.52. The van der Waals surface area contributed by atoms with Crippen LogP contribution >= 0.6 is 11.3 Å². The van der Waals surface area contributed by atoms with Crippen molar-refractivity contribution in [3.05, 3.63) is 176 Å². The number of rotatable bonds is 5. The molecule has 8 aromatic carbocycles. The Hall–Kier alpha value is -5.74. The number of hydrogen-bond donors (Lipinski definition) is 0. The second kappa shape index (κ2) is 11.7. The molecule has 1 aliphatic rings. The molecule has 3 heteroatoms. The summed E-state index contributed by atoms with van der Waals surface area (Å²) in [5.74, 6) is 0. The molecule has 10 rings (SSSR count). The zero-order valence-corrected chi connectivity index (χ0v) is 30.4. The third-order valence-corrected chi connectivity index (χ3v) is 15.6. The van der Waals surface area contributed by atoms with Crippen molar-refractivity contribution in [2.75, 3.05) is 4.90 Å². The van der Waals surface area contributed by atoms with Crippen LogP contribution < -0.4 is 15.3 Å². The molecule has 0 bridgehead atoms. The summed E-state index contributed by atoms with van der Waals surface area (Å²) in [4.78, 5) is 2.43. The van der Waals surface area contributed by atoms with E-state index in [2.05, 4.69) is 194 Å². The quantitative estimate of drug-likeness (QED) is 0.163. The van der Waals surface area contributed by atoms with Gasteiger partial charge >= 0.3 is 0 Å². The van der Waals surface area contributed by atoms with E-state index in [0.717, 1.165) is 11.4 Å². The SMILES string of the molecule is C[Si]1(C)c2ccc(N(c3ccc(-c4ccccc4)cc3)c3ccc(-c4cccc5ccccc45)cc3)cc2-c2c1ccc1c2sc2ccccc21. The largest absolute Gasteiger partial charge is 0.310 e. The van der Waals surface area contributed by atoms with E-state index in [0.29, 0.717) is 0 Å². The summed E-state index contributed by atoms with van der Waals surface area (Å²) in [6, 6.07) is 65.0. The Morgan fingerprint density at radius 2 is 1.04 bits per heavy atom. The van der Waals surface area contributed by atoms with Crippen molar-refractivity contribution < 1.29 is 0 Å². The van der Waals surface area contributed by atoms with Crippen molar-refractivity contribution in [1.82, 2.24) is 0 Å². The Morgan fingerprint density at radius 3 is 1.82 bits per heavy atom. The zero-order chi connectivity index (χ0) is 34.1. The van der Waals surface area contributed by atoms with E-state index in [1.165, 1.54) is 75.2 Å². The van der Waals surface area contributed by atoms with Crippen molar-refractivity contribution in [3.63, 3.8) is 0 Å². The summed E-state index contributed by atoms with van der Waals surface area (Å²) in [5.41, 5.74) is 11.2. The lowest BCUT2D eigenvalue weighted by molar-refractivity contribution is 1.29. The molecular formula is C48H35NSSi. The summed E-state index contributed by atoms with van der Waals surface area (Å²) in [6.07, 6.45) is 0. The summed E-state index contributed by atoms with van der Waals surface area (Å²) in [7, 11) is -1.89. The standard InChI is InChI=1S/C48H35NSSi/c1-51(2)45-29-27-38(31-43(45)47-46(51)30-28-42-41-16-8-9-18-44(41)50-48(42)47)49(36-23-19-33(20-24-36)32-11-4-3-5-12-32)37-25-21-35(22-26-37)40-17-10-14-34-13-6-7-15-39(34)40/h3-31H,1-2H3. The molecule has 0 radical (unpaired) electrons. The number of anilines is 3. The molecule has 1 aliphatic heterocycles. The first kappa shape index (κ1) is 30.1. The van der Waals surface area contributed by atoms with E-state index in [9.17, 15) is 0 Å². The van der Waals surface area contributed by atoms with Gasteiger partial charge in [0, 0.05) is 37.2 Å². The van der Waals surface area contributed by atoms with Crippen LogP contribution in [0, 0.1) is 0 Å². The molecule has 1 nitrogen and oxygen atoms in total. The molecule has 0 unspecified atom stereocenters. The third kappa shape index (κ3) is 4.80. The van der Waals surface area contributed by atoms with E-state index in [4.69, 9.17) is 0 Å². The molecule has 0 fully saturated rings. The highest BCUT2D eigenvalue weighted by Gasteiger charge is 2.39. The highest BCUT2D eigenvalue weighted by Crippen LogP contribution is 2.45. The van der Waals surface area contributed by atoms with Crippen molar-refractivity contribution >= 4 is 77.8 Å². The summed E-state index contributed by atoms with van der Waals surface area (Å²) in [5, 5.41) is 8.34. The number of fused-ring (bicyclic) bond motifs is 8. The molecule has 242 valence electrons. The van der Waals surface area contributed by atoms with Gasteiger partial charge in [0.25, 0.3) is 0 Å². The summed E-state index contributed by atoms with van der Waals surface area (Å²) in [6.45, 7) is 5.03. The van der Waals surface area contributed by atoms with Crippen LogP contribution in [-0.4, -0.2) is 8.07 Å². The molecule has 0 atom stereocenters. The number of benzene rings is 8. The van der Waals surface area contributed by atoms with Gasteiger partial charge in [0.1, 0.15) is 8.07 Å². The first-order valence-electron chi connectivity index (χ1n) is 17.7. The highest BCUT2D eigenvalue weighted by molar-refractivity contribution is 7.26. The molecule has 9 aromatic rings. The van der Waals surface area contributed by atoms with Crippen LogP contribution in [0.15, 0.2) is 176 Å². The Bertz CT molecular complexity index is 2750. The third-order valence-electron chi connectivity index (χ3n) is 10.9. The van der Waals surface area contributed by atoms with Crippen molar-refractivity contribution in [2.24, 2.45) is 0 Å². The van der Waals surface area contributed by atoms with Gasteiger partial charge in [-0.15, -0.1) is 11.3 Å². The molecule has 2 heterocycles. The predicted octanol–water partition coefficient (Wildman–Crippen LogP) is 12.8. The van der Waals surface area contributed by atoms with Gasteiger partial charge in [-0.2, -0.15) is 0 Å². The second-order valence-corrected chi connectivity index (χ2v) is 19.5. The lowest BCUT2D eigenvalue weighted by atomic mass is 9.98. The first-order valence-corrected chi connectivity index (χ1v) is 21.5. The normalized spacial score (nSPS) is 13.1. The average Bonchev–Trinajstić information content (AvgIpc) is 3.67. The maximum Gasteiger partial charge on any atom is 0.113 e. The minimum absolute atomic E-state index is 1.14. The maximum absolute atomic E-state index is 2.52. The highest BCUT2D eigenvalue weighted by atomic mass is 32.1. The van der Waals surface area contributed by atoms with E-state index in [1.54, 1.807) is 5.19 Å². The van der Waals surface area contributed by atoms with Crippen LogP contribution in [0.1, 0.15) is 0 Å². The minimum atomic E-state index is -1.89. The van der Waals surface area contributed by atoms with Gasteiger partial charge in [-0.1, -0.05) is 147 Å². The Balaban J connectivity index is 1.14.